The zero-order chi connectivity index (χ0) is 13.2. The Morgan fingerprint density at radius 3 is 3.05 bits per heavy atom. The standard InChI is InChI=1S/C17H22N2/c1-13(2)12-19-10-4-6-17(19)15-7-8-16-14(11-15)5-3-9-18-16/h3,5,7-9,11,13,17H,4,6,10,12H2,1-2H3. The molecule has 1 unspecified atom stereocenters. The molecule has 0 N–H and O–H groups in total. The average Bonchev–Trinajstić information content (AvgIpc) is 2.85. The summed E-state index contributed by atoms with van der Waals surface area (Å²) in [6, 6.07) is 11.5. The highest BCUT2D eigenvalue weighted by atomic mass is 15.2. The molecule has 2 heteroatoms. The summed E-state index contributed by atoms with van der Waals surface area (Å²) in [5.41, 5.74) is 2.55. The molecule has 1 aliphatic rings. The molecule has 0 saturated carbocycles. The van der Waals surface area contributed by atoms with Crippen LogP contribution in [0.3, 0.4) is 0 Å². The lowest BCUT2D eigenvalue weighted by Crippen LogP contribution is -2.27. The summed E-state index contributed by atoms with van der Waals surface area (Å²) in [5, 5.41) is 1.26. The van der Waals surface area contributed by atoms with Gasteiger partial charge in [0.1, 0.15) is 0 Å². The van der Waals surface area contributed by atoms with Crippen LogP contribution in [0.4, 0.5) is 0 Å². The Labute approximate surface area is 115 Å². The monoisotopic (exact) mass is 254 g/mol. The van der Waals surface area contributed by atoms with Crippen molar-refractivity contribution in [3.05, 3.63) is 42.1 Å². The van der Waals surface area contributed by atoms with Crippen molar-refractivity contribution in [2.24, 2.45) is 5.92 Å². The van der Waals surface area contributed by atoms with Gasteiger partial charge in [0.05, 0.1) is 5.52 Å². The van der Waals surface area contributed by atoms with Gasteiger partial charge >= 0.3 is 0 Å². The highest BCUT2D eigenvalue weighted by Gasteiger charge is 2.26. The first-order valence-corrected chi connectivity index (χ1v) is 7.33. The second kappa shape index (κ2) is 5.30. The molecule has 19 heavy (non-hydrogen) atoms. The number of hydrogen-bond acceptors (Lipinski definition) is 2. The lowest BCUT2D eigenvalue weighted by molar-refractivity contribution is 0.229. The summed E-state index contributed by atoms with van der Waals surface area (Å²) in [6.45, 7) is 7.06. The summed E-state index contributed by atoms with van der Waals surface area (Å²) in [6.07, 6.45) is 4.48. The number of hydrogen-bond donors (Lipinski definition) is 0. The quantitative estimate of drug-likeness (QED) is 0.822. The Morgan fingerprint density at radius 1 is 1.32 bits per heavy atom. The molecule has 1 aromatic heterocycles. The lowest BCUT2D eigenvalue weighted by atomic mass is 10.0. The van der Waals surface area contributed by atoms with E-state index in [-0.39, 0.29) is 0 Å². The Bertz CT molecular complexity index is 562. The Morgan fingerprint density at radius 2 is 2.21 bits per heavy atom. The first-order chi connectivity index (χ1) is 9.24. The fraction of sp³-hybridized carbons (Fsp3) is 0.471. The molecule has 1 atom stereocenters. The molecule has 2 heterocycles. The van der Waals surface area contributed by atoms with Gasteiger partial charge in [0.25, 0.3) is 0 Å². The highest BCUT2D eigenvalue weighted by Crippen LogP contribution is 2.33. The summed E-state index contributed by atoms with van der Waals surface area (Å²) in [7, 11) is 0. The van der Waals surface area contributed by atoms with E-state index in [9.17, 15) is 0 Å². The number of benzene rings is 1. The molecule has 0 radical (unpaired) electrons. The maximum Gasteiger partial charge on any atom is 0.0702 e. The topological polar surface area (TPSA) is 16.1 Å². The van der Waals surface area contributed by atoms with Crippen LogP contribution in [-0.4, -0.2) is 23.0 Å². The van der Waals surface area contributed by atoms with Gasteiger partial charge in [0.2, 0.25) is 0 Å². The van der Waals surface area contributed by atoms with Crippen molar-refractivity contribution in [3.8, 4) is 0 Å². The molecule has 0 spiro atoms. The molecular weight excluding hydrogens is 232 g/mol. The molecule has 100 valence electrons. The van der Waals surface area contributed by atoms with Crippen LogP contribution < -0.4 is 0 Å². The summed E-state index contributed by atoms with van der Waals surface area (Å²) in [4.78, 5) is 7.04. The predicted octanol–water partition coefficient (Wildman–Crippen LogP) is 4.03. The third-order valence-electron chi connectivity index (χ3n) is 3.98. The molecule has 1 aromatic carbocycles. The molecule has 1 fully saturated rings. The highest BCUT2D eigenvalue weighted by molar-refractivity contribution is 5.79. The van der Waals surface area contributed by atoms with Crippen molar-refractivity contribution in [3.63, 3.8) is 0 Å². The molecule has 1 aliphatic heterocycles. The normalized spacial score (nSPS) is 20.5. The van der Waals surface area contributed by atoms with Gasteiger partial charge in [0, 0.05) is 24.2 Å². The van der Waals surface area contributed by atoms with Crippen LogP contribution in [0.25, 0.3) is 10.9 Å². The Balaban J connectivity index is 1.90. The molecule has 2 nitrogen and oxygen atoms in total. The zero-order valence-corrected chi connectivity index (χ0v) is 11.8. The van der Waals surface area contributed by atoms with E-state index in [1.165, 1.54) is 36.9 Å². The molecule has 3 rings (SSSR count). The Kier molecular flexibility index (Phi) is 3.52. The van der Waals surface area contributed by atoms with Crippen molar-refractivity contribution < 1.29 is 0 Å². The van der Waals surface area contributed by atoms with Crippen LogP contribution in [0.1, 0.15) is 38.3 Å². The minimum Gasteiger partial charge on any atom is -0.296 e. The molecule has 0 amide bonds. The van der Waals surface area contributed by atoms with Crippen LogP contribution >= 0.6 is 0 Å². The molecule has 0 bridgehead atoms. The van der Waals surface area contributed by atoms with E-state index in [0.717, 1.165) is 11.4 Å². The minimum absolute atomic E-state index is 0.604. The van der Waals surface area contributed by atoms with Gasteiger partial charge in [-0.25, -0.2) is 0 Å². The summed E-state index contributed by atoms with van der Waals surface area (Å²) in [5.74, 6) is 0.739. The Hall–Kier alpha value is -1.41. The van der Waals surface area contributed by atoms with Crippen LogP contribution in [0.15, 0.2) is 36.5 Å². The number of likely N-dealkylation sites (tertiary alicyclic amines) is 1. The number of pyridine rings is 1. The maximum absolute atomic E-state index is 4.40. The number of fused-ring (bicyclic) bond motifs is 1. The average molecular weight is 254 g/mol. The summed E-state index contributed by atoms with van der Waals surface area (Å²) < 4.78 is 0. The van der Waals surface area contributed by atoms with Crippen molar-refractivity contribution in [1.29, 1.82) is 0 Å². The van der Waals surface area contributed by atoms with E-state index in [1.54, 1.807) is 0 Å². The van der Waals surface area contributed by atoms with Crippen molar-refractivity contribution >= 4 is 10.9 Å². The van der Waals surface area contributed by atoms with Crippen LogP contribution in [0.2, 0.25) is 0 Å². The van der Waals surface area contributed by atoms with E-state index >= 15 is 0 Å². The number of nitrogens with zero attached hydrogens (tertiary/aromatic N) is 2. The van der Waals surface area contributed by atoms with Gasteiger partial charge in [-0.3, -0.25) is 9.88 Å². The van der Waals surface area contributed by atoms with Crippen LogP contribution in [-0.2, 0) is 0 Å². The van der Waals surface area contributed by atoms with Gasteiger partial charge in [-0.05, 0) is 49.1 Å². The third kappa shape index (κ3) is 2.64. The van der Waals surface area contributed by atoms with E-state index in [1.807, 2.05) is 12.3 Å². The van der Waals surface area contributed by atoms with Crippen LogP contribution in [0.5, 0.6) is 0 Å². The second-order valence-corrected chi connectivity index (χ2v) is 6.00. The number of aromatic nitrogens is 1. The third-order valence-corrected chi connectivity index (χ3v) is 3.98. The predicted molar refractivity (Wildman–Crippen MR) is 80.1 cm³/mol. The number of rotatable bonds is 3. The van der Waals surface area contributed by atoms with Crippen molar-refractivity contribution in [2.75, 3.05) is 13.1 Å². The van der Waals surface area contributed by atoms with E-state index in [0.29, 0.717) is 6.04 Å². The van der Waals surface area contributed by atoms with E-state index in [4.69, 9.17) is 0 Å². The second-order valence-electron chi connectivity index (χ2n) is 6.00. The molecule has 2 aromatic rings. The van der Waals surface area contributed by atoms with Gasteiger partial charge in [-0.15, -0.1) is 0 Å². The van der Waals surface area contributed by atoms with Gasteiger partial charge in [-0.1, -0.05) is 26.0 Å². The fourth-order valence-electron chi connectivity index (χ4n) is 3.19. The van der Waals surface area contributed by atoms with Gasteiger partial charge in [-0.2, -0.15) is 0 Å². The van der Waals surface area contributed by atoms with E-state index in [2.05, 4.69) is 48.0 Å². The minimum atomic E-state index is 0.604. The SMILES string of the molecule is CC(C)CN1CCCC1c1ccc2ncccc2c1. The largest absolute Gasteiger partial charge is 0.296 e. The zero-order valence-electron chi connectivity index (χ0n) is 11.8. The summed E-state index contributed by atoms with van der Waals surface area (Å²) >= 11 is 0. The smallest absolute Gasteiger partial charge is 0.0702 e. The molecule has 1 saturated heterocycles. The first-order valence-electron chi connectivity index (χ1n) is 7.33. The lowest BCUT2D eigenvalue weighted by Gasteiger charge is -2.26. The van der Waals surface area contributed by atoms with Gasteiger partial charge < -0.3 is 0 Å². The maximum atomic E-state index is 4.40. The van der Waals surface area contributed by atoms with E-state index < -0.39 is 0 Å². The van der Waals surface area contributed by atoms with Gasteiger partial charge in [0.15, 0.2) is 0 Å². The molecular formula is C17H22N2. The van der Waals surface area contributed by atoms with Crippen molar-refractivity contribution in [1.82, 2.24) is 9.88 Å². The molecule has 0 aliphatic carbocycles. The van der Waals surface area contributed by atoms with Crippen LogP contribution in [0, 0.1) is 5.92 Å². The fourth-order valence-corrected chi connectivity index (χ4v) is 3.19. The first kappa shape index (κ1) is 12.6. The van der Waals surface area contributed by atoms with Crippen molar-refractivity contribution in [2.45, 2.75) is 32.7 Å².